The molecule has 0 bridgehead atoms. The standard InChI is InChI=1S/C13H24N6O/c1-4-20-13-17-11(14-2)16-12(18-13)15-9-10-5-7-19(3)8-6-10/h10H,4-9H2,1-3H3,(H2,14,15,16,17,18). The number of hydrogen-bond acceptors (Lipinski definition) is 7. The van der Waals surface area contributed by atoms with Gasteiger partial charge in [-0.1, -0.05) is 0 Å². The van der Waals surface area contributed by atoms with Gasteiger partial charge in [0.05, 0.1) is 6.61 Å². The Hall–Kier alpha value is -1.63. The first-order valence-corrected chi connectivity index (χ1v) is 7.20. The van der Waals surface area contributed by atoms with Crippen LogP contribution in [0.25, 0.3) is 0 Å². The van der Waals surface area contributed by atoms with Crippen LogP contribution >= 0.6 is 0 Å². The van der Waals surface area contributed by atoms with Crippen molar-refractivity contribution in [3.8, 4) is 6.01 Å². The van der Waals surface area contributed by atoms with E-state index in [1.165, 1.54) is 12.8 Å². The third-order valence-corrected chi connectivity index (χ3v) is 3.50. The van der Waals surface area contributed by atoms with E-state index in [9.17, 15) is 0 Å². The fourth-order valence-corrected chi connectivity index (χ4v) is 2.24. The number of nitrogens with one attached hydrogen (secondary N) is 2. The molecule has 1 aromatic heterocycles. The Kier molecular flexibility index (Phi) is 5.34. The fraction of sp³-hybridized carbons (Fsp3) is 0.769. The van der Waals surface area contributed by atoms with Gasteiger partial charge in [0.2, 0.25) is 11.9 Å². The van der Waals surface area contributed by atoms with Gasteiger partial charge in [-0.2, -0.15) is 15.0 Å². The number of piperidine rings is 1. The summed E-state index contributed by atoms with van der Waals surface area (Å²) < 4.78 is 5.35. The lowest BCUT2D eigenvalue weighted by molar-refractivity contribution is 0.226. The molecule has 0 unspecified atom stereocenters. The maximum Gasteiger partial charge on any atom is 0.323 e. The monoisotopic (exact) mass is 280 g/mol. The van der Waals surface area contributed by atoms with E-state index in [0.29, 0.717) is 30.4 Å². The summed E-state index contributed by atoms with van der Waals surface area (Å²) in [6.07, 6.45) is 2.43. The number of likely N-dealkylation sites (tertiary alicyclic amines) is 1. The number of ether oxygens (including phenoxy) is 1. The van der Waals surface area contributed by atoms with E-state index in [-0.39, 0.29) is 0 Å². The second kappa shape index (κ2) is 7.23. The second-order valence-corrected chi connectivity index (χ2v) is 5.08. The zero-order chi connectivity index (χ0) is 14.4. The largest absolute Gasteiger partial charge is 0.464 e. The lowest BCUT2D eigenvalue weighted by Gasteiger charge is -2.28. The quantitative estimate of drug-likeness (QED) is 0.807. The van der Waals surface area contributed by atoms with E-state index in [2.05, 4.69) is 37.5 Å². The average molecular weight is 280 g/mol. The van der Waals surface area contributed by atoms with Crippen molar-refractivity contribution in [1.82, 2.24) is 19.9 Å². The molecular weight excluding hydrogens is 256 g/mol. The minimum absolute atomic E-state index is 0.359. The van der Waals surface area contributed by atoms with E-state index in [4.69, 9.17) is 4.74 Å². The van der Waals surface area contributed by atoms with Crippen molar-refractivity contribution in [2.24, 2.45) is 5.92 Å². The normalized spacial score (nSPS) is 16.9. The van der Waals surface area contributed by atoms with E-state index >= 15 is 0 Å². The van der Waals surface area contributed by atoms with E-state index in [0.717, 1.165) is 19.6 Å². The highest BCUT2D eigenvalue weighted by molar-refractivity contribution is 5.35. The van der Waals surface area contributed by atoms with Crippen LogP contribution in [0, 0.1) is 5.92 Å². The molecular formula is C13H24N6O. The predicted octanol–water partition coefficient (Wildman–Crippen LogP) is 1.07. The van der Waals surface area contributed by atoms with Crippen LogP contribution in [0.1, 0.15) is 19.8 Å². The topological polar surface area (TPSA) is 75.2 Å². The van der Waals surface area contributed by atoms with Gasteiger partial charge in [0.25, 0.3) is 0 Å². The van der Waals surface area contributed by atoms with Crippen molar-refractivity contribution in [2.75, 3.05) is 51.0 Å². The highest BCUT2D eigenvalue weighted by Gasteiger charge is 2.17. The smallest absolute Gasteiger partial charge is 0.323 e. The van der Waals surface area contributed by atoms with Crippen molar-refractivity contribution in [1.29, 1.82) is 0 Å². The first kappa shape index (κ1) is 14.8. The van der Waals surface area contributed by atoms with Gasteiger partial charge in [0, 0.05) is 13.6 Å². The van der Waals surface area contributed by atoms with Crippen LogP contribution in [0.5, 0.6) is 6.01 Å². The molecule has 20 heavy (non-hydrogen) atoms. The van der Waals surface area contributed by atoms with E-state index in [1.54, 1.807) is 7.05 Å². The summed E-state index contributed by atoms with van der Waals surface area (Å²) in [7, 11) is 3.95. The first-order valence-electron chi connectivity index (χ1n) is 7.20. The third-order valence-electron chi connectivity index (χ3n) is 3.50. The summed E-state index contributed by atoms with van der Waals surface area (Å²) in [5.41, 5.74) is 0. The van der Waals surface area contributed by atoms with Crippen LogP contribution < -0.4 is 15.4 Å². The summed E-state index contributed by atoms with van der Waals surface area (Å²) >= 11 is 0. The van der Waals surface area contributed by atoms with Gasteiger partial charge in [-0.05, 0) is 45.8 Å². The highest BCUT2D eigenvalue weighted by atomic mass is 16.5. The molecule has 0 saturated carbocycles. The summed E-state index contributed by atoms with van der Waals surface area (Å²) in [5.74, 6) is 1.78. The zero-order valence-electron chi connectivity index (χ0n) is 12.5. The minimum atomic E-state index is 0.359. The Morgan fingerprint density at radius 3 is 2.55 bits per heavy atom. The number of anilines is 2. The van der Waals surface area contributed by atoms with Crippen molar-refractivity contribution in [3.63, 3.8) is 0 Å². The molecule has 7 heteroatoms. The van der Waals surface area contributed by atoms with E-state index in [1.807, 2.05) is 6.92 Å². The van der Waals surface area contributed by atoms with Crippen LogP contribution in [0.15, 0.2) is 0 Å². The Morgan fingerprint density at radius 2 is 1.90 bits per heavy atom. The molecule has 1 aromatic rings. The maximum atomic E-state index is 5.35. The van der Waals surface area contributed by atoms with Crippen molar-refractivity contribution >= 4 is 11.9 Å². The lowest BCUT2D eigenvalue weighted by Crippen LogP contribution is -2.33. The predicted molar refractivity (Wildman–Crippen MR) is 79.3 cm³/mol. The fourth-order valence-electron chi connectivity index (χ4n) is 2.24. The minimum Gasteiger partial charge on any atom is -0.464 e. The molecule has 0 aromatic carbocycles. The van der Waals surface area contributed by atoms with Crippen LogP contribution in [-0.2, 0) is 0 Å². The number of nitrogens with zero attached hydrogens (tertiary/aromatic N) is 4. The SMILES string of the molecule is CCOc1nc(NC)nc(NCC2CCN(C)CC2)n1. The maximum absolute atomic E-state index is 5.35. The number of hydrogen-bond donors (Lipinski definition) is 2. The molecule has 1 saturated heterocycles. The molecule has 0 radical (unpaired) electrons. The molecule has 0 aliphatic carbocycles. The lowest BCUT2D eigenvalue weighted by atomic mass is 9.97. The van der Waals surface area contributed by atoms with Crippen molar-refractivity contribution in [2.45, 2.75) is 19.8 Å². The van der Waals surface area contributed by atoms with E-state index < -0.39 is 0 Å². The van der Waals surface area contributed by atoms with Gasteiger partial charge in [0.15, 0.2) is 0 Å². The van der Waals surface area contributed by atoms with Crippen molar-refractivity contribution in [3.05, 3.63) is 0 Å². The van der Waals surface area contributed by atoms with Gasteiger partial charge in [-0.25, -0.2) is 0 Å². The van der Waals surface area contributed by atoms with Crippen LogP contribution in [0.3, 0.4) is 0 Å². The molecule has 2 rings (SSSR count). The molecule has 7 nitrogen and oxygen atoms in total. The summed E-state index contributed by atoms with van der Waals surface area (Å²) in [5, 5.41) is 6.22. The Bertz CT molecular complexity index is 419. The molecule has 1 aliphatic rings. The Labute approximate surface area is 120 Å². The van der Waals surface area contributed by atoms with Gasteiger partial charge in [0.1, 0.15) is 0 Å². The van der Waals surface area contributed by atoms with Gasteiger partial charge in [-0.3, -0.25) is 0 Å². The van der Waals surface area contributed by atoms with Crippen molar-refractivity contribution < 1.29 is 4.74 Å². The van der Waals surface area contributed by atoms with Gasteiger partial charge in [-0.15, -0.1) is 0 Å². The second-order valence-electron chi connectivity index (χ2n) is 5.08. The molecule has 112 valence electrons. The summed E-state index contributed by atoms with van der Waals surface area (Å²) in [4.78, 5) is 15.1. The van der Waals surface area contributed by atoms with Crippen LogP contribution in [0.4, 0.5) is 11.9 Å². The zero-order valence-corrected chi connectivity index (χ0v) is 12.5. The molecule has 1 fully saturated rings. The van der Waals surface area contributed by atoms with Gasteiger partial charge < -0.3 is 20.3 Å². The molecule has 0 atom stereocenters. The highest BCUT2D eigenvalue weighted by Crippen LogP contribution is 2.17. The Balaban J connectivity index is 1.92. The van der Waals surface area contributed by atoms with Crippen LogP contribution in [-0.4, -0.2) is 60.2 Å². The summed E-state index contributed by atoms with van der Waals surface area (Å²) in [6.45, 7) is 5.67. The molecule has 2 N–H and O–H groups in total. The average Bonchev–Trinajstić information content (AvgIpc) is 2.47. The van der Waals surface area contributed by atoms with Crippen LogP contribution in [0.2, 0.25) is 0 Å². The molecule has 0 spiro atoms. The third kappa shape index (κ3) is 4.19. The first-order chi connectivity index (χ1) is 9.71. The van der Waals surface area contributed by atoms with Gasteiger partial charge >= 0.3 is 6.01 Å². The Morgan fingerprint density at radius 1 is 1.20 bits per heavy atom. The number of rotatable bonds is 6. The number of aromatic nitrogens is 3. The molecule has 1 aliphatic heterocycles. The summed E-state index contributed by atoms with van der Waals surface area (Å²) in [6, 6.07) is 0.359. The molecule has 2 heterocycles. The molecule has 0 amide bonds.